The smallest absolute Gasteiger partial charge is 0.165 e. The molecule has 2 N–H and O–H groups in total. The standard InChI is InChI=1S/C16H17FN2OS/c1-11-4-3-5-13(8-11)19-16(18)21-10-12-6-7-15(20-2)14(17)9-12/h3-9H,10H2,1-2H3,(H2,18,19). The summed E-state index contributed by atoms with van der Waals surface area (Å²) in [6.07, 6.45) is 0. The predicted molar refractivity (Wildman–Crippen MR) is 86.7 cm³/mol. The molecule has 2 aromatic rings. The van der Waals surface area contributed by atoms with Gasteiger partial charge in [-0.1, -0.05) is 30.0 Å². The largest absolute Gasteiger partial charge is 0.494 e. The van der Waals surface area contributed by atoms with Crippen LogP contribution in [0.2, 0.25) is 0 Å². The summed E-state index contributed by atoms with van der Waals surface area (Å²) < 4.78 is 18.5. The van der Waals surface area contributed by atoms with Gasteiger partial charge >= 0.3 is 0 Å². The normalized spacial score (nSPS) is 11.5. The number of halogens is 1. The number of hydrogen-bond acceptors (Lipinski definition) is 3. The van der Waals surface area contributed by atoms with Crippen molar-refractivity contribution in [1.29, 1.82) is 0 Å². The van der Waals surface area contributed by atoms with Crippen LogP contribution in [0, 0.1) is 12.7 Å². The first-order valence-corrected chi connectivity index (χ1v) is 7.43. The van der Waals surface area contributed by atoms with E-state index in [1.165, 1.54) is 24.9 Å². The van der Waals surface area contributed by atoms with E-state index >= 15 is 0 Å². The quantitative estimate of drug-likeness (QED) is 0.685. The Morgan fingerprint density at radius 2 is 2.10 bits per heavy atom. The molecular formula is C16H17FN2OS. The van der Waals surface area contributed by atoms with E-state index in [1.54, 1.807) is 6.07 Å². The molecule has 0 radical (unpaired) electrons. The van der Waals surface area contributed by atoms with Gasteiger partial charge in [-0.15, -0.1) is 0 Å². The molecule has 0 unspecified atom stereocenters. The molecule has 110 valence electrons. The van der Waals surface area contributed by atoms with Crippen molar-refractivity contribution in [2.45, 2.75) is 12.7 Å². The van der Waals surface area contributed by atoms with Gasteiger partial charge in [0.15, 0.2) is 16.7 Å². The Bertz CT molecular complexity index is 658. The SMILES string of the molecule is COc1ccc(CSC(N)=Nc2cccc(C)c2)cc1F. The van der Waals surface area contributed by atoms with Gasteiger partial charge in [0.2, 0.25) is 0 Å². The van der Waals surface area contributed by atoms with Crippen LogP contribution in [-0.2, 0) is 5.75 Å². The van der Waals surface area contributed by atoms with Gasteiger partial charge < -0.3 is 10.5 Å². The van der Waals surface area contributed by atoms with Crippen molar-refractivity contribution in [2.75, 3.05) is 7.11 Å². The lowest BCUT2D eigenvalue weighted by Gasteiger charge is -2.05. The summed E-state index contributed by atoms with van der Waals surface area (Å²) in [7, 11) is 1.44. The number of nitrogens with zero attached hydrogens (tertiary/aromatic N) is 1. The van der Waals surface area contributed by atoms with Gasteiger partial charge in [0, 0.05) is 5.75 Å². The molecule has 0 amide bonds. The van der Waals surface area contributed by atoms with E-state index in [0.717, 1.165) is 16.8 Å². The molecule has 0 heterocycles. The second kappa shape index (κ2) is 7.13. The Kier molecular flexibility index (Phi) is 5.22. The molecule has 0 bridgehead atoms. The third-order valence-electron chi connectivity index (χ3n) is 2.84. The Morgan fingerprint density at radius 3 is 2.76 bits per heavy atom. The molecule has 21 heavy (non-hydrogen) atoms. The summed E-state index contributed by atoms with van der Waals surface area (Å²) in [5, 5.41) is 0.455. The molecule has 0 aromatic heterocycles. The van der Waals surface area contributed by atoms with E-state index < -0.39 is 0 Å². The van der Waals surface area contributed by atoms with Gasteiger partial charge in [0.1, 0.15) is 0 Å². The molecule has 0 atom stereocenters. The Balaban J connectivity index is 2.00. The summed E-state index contributed by atoms with van der Waals surface area (Å²) in [6.45, 7) is 2.00. The third kappa shape index (κ3) is 4.49. The molecule has 3 nitrogen and oxygen atoms in total. The first-order valence-electron chi connectivity index (χ1n) is 6.44. The fraction of sp³-hybridized carbons (Fsp3) is 0.188. The fourth-order valence-electron chi connectivity index (χ4n) is 1.81. The van der Waals surface area contributed by atoms with Crippen molar-refractivity contribution in [3.63, 3.8) is 0 Å². The van der Waals surface area contributed by atoms with Crippen molar-refractivity contribution < 1.29 is 9.13 Å². The summed E-state index contributed by atoms with van der Waals surface area (Å²) in [5.41, 5.74) is 8.68. The van der Waals surface area contributed by atoms with Crippen molar-refractivity contribution in [1.82, 2.24) is 0 Å². The maximum absolute atomic E-state index is 13.6. The highest BCUT2D eigenvalue weighted by molar-refractivity contribution is 8.13. The van der Waals surface area contributed by atoms with Crippen molar-refractivity contribution >= 4 is 22.6 Å². The number of aliphatic imine (C=N–C) groups is 1. The van der Waals surface area contributed by atoms with Crippen molar-refractivity contribution in [3.8, 4) is 5.75 Å². The van der Waals surface area contributed by atoms with E-state index in [0.29, 0.717) is 10.9 Å². The van der Waals surface area contributed by atoms with Gasteiger partial charge in [0.05, 0.1) is 12.8 Å². The molecule has 0 saturated carbocycles. The summed E-state index contributed by atoms with van der Waals surface area (Å²) >= 11 is 1.37. The van der Waals surface area contributed by atoms with E-state index in [4.69, 9.17) is 10.5 Å². The van der Waals surface area contributed by atoms with E-state index in [9.17, 15) is 4.39 Å². The average molecular weight is 304 g/mol. The number of rotatable bonds is 4. The molecular weight excluding hydrogens is 287 g/mol. The third-order valence-corrected chi connectivity index (χ3v) is 3.71. The highest BCUT2D eigenvalue weighted by atomic mass is 32.2. The molecule has 2 aromatic carbocycles. The summed E-state index contributed by atoms with van der Waals surface area (Å²) in [4.78, 5) is 4.33. The van der Waals surface area contributed by atoms with Crippen LogP contribution in [0.5, 0.6) is 5.75 Å². The average Bonchev–Trinajstić information content (AvgIpc) is 2.45. The topological polar surface area (TPSA) is 47.6 Å². The second-order valence-electron chi connectivity index (χ2n) is 4.55. The Hall–Kier alpha value is -2.01. The van der Waals surface area contributed by atoms with Gasteiger partial charge in [-0.05, 0) is 42.3 Å². The predicted octanol–water partition coefficient (Wildman–Crippen LogP) is 4.02. The van der Waals surface area contributed by atoms with E-state index in [1.807, 2.05) is 37.3 Å². The van der Waals surface area contributed by atoms with Crippen LogP contribution in [-0.4, -0.2) is 12.3 Å². The number of benzene rings is 2. The van der Waals surface area contributed by atoms with Crippen LogP contribution in [0.3, 0.4) is 0 Å². The maximum atomic E-state index is 13.6. The molecule has 2 rings (SSSR count). The minimum atomic E-state index is -0.371. The molecule has 0 spiro atoms. The van der Waals surface area contributed by atoms with Crippen molar-refractivity contribution in [3.05, 3.63) is 59.4 Å². The minimum absolute atomic E-state index is 0.241. The minimum Gasteiger partial charge on any atom is -0.494 e. The van der Waals surface area contributed by atoms with Gasteiger partial charge in [-0.2, -0.15) is 0 Å². The van der Waals surface area contributed by atoms with Gasteiger partial charge in [0.25, 0.3) is 0 Å². The zero-order chi connectivity index (χ0) is 15.2. The number of nitrogens with two attached hydrogens (primary N) is 1. The monoisotopic (exact) mass is 304 g/mol. The maximum Gasteiger partial charge on any atom is 0.165 e. The number of methoxy groups -OCH3 is 1. The van der Waals surface area contributed by atoms with E-state index in [-0.39, 0.29) is 11.6 Å². The van der Waals surface area contributed by atoms with Crippen LogP contribution in [0.15, 0.2) is 47.5 Å². The van der Waals surface area contributed by atoms with Crippen LogP contribution in [0.1, 0.15) is 11.1 Å². The van der Waals surface area contributed by atoms with E-state index in [2.05, 4.69) is 4.99 Å². The number of ether oxygens (including phenoxy) is 1. The first-order chi connectivity index (χ1) is 10.1. The number of amidine groups is 1. The number of hydrogen-bond donors (Lipinski definition) is 1. The first kappa shape index (κ1) is 15.4. The molecule has 0 aliphatic rings. The van der Waals surface area contributed by atoms with Crippen LogP contribution >= 0.6 is 11.8 Å². The number of aryl methyl sites for hydroxylation is 1. The highest BCUT2D eigenvalue weighted by Crippen LogP contribution is 2.22. The molecule has 0 saturated heterocycles. The Labute approximate surface area is 128 Å². The Morgan fingerprint density at radius 1 is 1.29 bits per heavy atom. The molecule has 0 fully saturated rings. The van der Waals surface area contributed by atoms with Crippen LogP contribution in [0.25, 0.3) is 0 Å². The van der Waals surface area contributed by atoms with Crippen LogP contribution in [0.4, 0.5) is 10.1 Å². The van der Waals surface area contributed by atoms with Gasteiger partial charge in [-0.25, -0.2) is 9.38 Å². The number of thioether (sulfide) groups is 1. The van der Waals surface area contributed by atoms with Crippen LogP contribution < -0.4 is 10.5 Å². The van der Waals surface area contributed by atoms with Gasteiger partial charge in [-0.3, -0.25) is 0 Å². The molecule has 0 aliphatic heterocycles. The second-order valence-corrected chi connectivity index (χ2v) is 5.54. The highest BCUT2D eigenvalue weighted by Gasteiger charge is 2.04. The lowest BCUT2D eigenvalue weighted by atomic mass is 10.2. The van der Waals surface area contributed by atoms with Crippen molar-refractivity contribution in [2.24, 2.45) is 10.7 Å². The molecule has 0 aliphatic carbocycles. The zero-order valence-electron chi connectivity index (χ0n) is 12.0. The fourth-order valence-corrected chi connectivity index (χ4v) is 2.48. The summed E-state index contributed by atoms with van der Waals surface area (Å²) in [5.74, 6) is 0.428. The lowest BCUT2D eigenvalue weighted by molar-refractivity contribution is 0.386. The lowest BCUT2D eigenvalue weighted by Crippen LogP contribution is -2.06. The summed E-state index contributed by atoms with van der Waals surface area (Å²) in [6, 6.07) is 12.7. The zero-order valence-corrected chi connectivity index (χ0v) is 12.8. The molecule has 5 heteroatoms.